The molecule has 0 spiro atoms. The van der Waals surface area contributed by atoms with E-state index in [0.717, 1.165) is 57.8 Å². The molecule has 0 aromatic carbocycles. The summed E-state index contributed by atoms with van der Waals surface area (Å²) in [6, 6.07) is -0.545. The van der Waals surface area contributed by atoms with Crippen LogP contribution in [0.2, 0.25) is 0 Å². The van der Waals surface area contributed by atoms with Crippen molar-refractivity contribution in [1.29, 1.82) is 0 Å². The van der Waals surface area contributed by atoms with Crippen molar-refractivity contribution < 1.29 is 29.0 Å². The molecule has 2 unspecified atom stereocenters. The lowest BCUT2D eigenvalue weighted by atomic mass is 9.93. The number of carbonyl (C=O) groups is 3. The zero-order chi connectivity index (χ0) is 35.9. The minimum absolute atomic E-state index is 0.130. The van der Waals surface area contributed by atoms with E-state index in [9.17, 15) is 19.5 Å². The van der Waals surface area contributed by atoms with E-state index in [1.54, 1.807) is 0 Å². The molecule has 0 saturated heterocycles. The van der Waals surface area contributed by atoms with Gasteiger partial charge in [-0.05, 0) is 84.1 Å². The van der Waals surface area contributed by atoms with Gasteiger partial charge in [0, 0.05) is 13.0 Å². The number of nitrogens with one attached hydrogen (secondary N) is 2. The second-order valence-electron chi connectivity index (χ2n) is 15.1. The van der Waals surface area contributed by atoms with Gasteiger partial charge in [0.15, 0.2) is 0 Å². The molecule has 3 N–H and O–H groups in total. The lowest BCUT2D eigenvalue weighted by Crippen LogP contribution is -2.37. The molecule has 0 rings (SSSR count). The van der Waals surface area contributed by atoms with Gasteiger partial charge in [0.1, 0.15) is 11.6 Å². The molecule has 1 amide bonds. The topological polar surface area (TPSA) is 114 Å². The number of carbonyl (C=O) groups excluding carboxylic acids is 2. The fourth-order valence-electron chi connectivity index (χ4n) is 6.22. The molecule has 48 heavy (non-hydrogen) atoms. The number of amides is 1. The summed E-state index contributed by atoms with van der Waals surface area (Å²) in [7, 11) is 0. The largest absolute Gasteiger partial charge is 0.480 e. The van der Waals surface area contributed by atoms with Crippen LogP contribution in [-0.2, 0) is 19.1 Å². The molecule has 0 aromatic rings. The monoisotopic (exact) mass is 683 g/mol. The van der Waals surface area contributed by atoms with Crippen LogP contribution < -0.4 is 10.6 Å². The van der Waals surface area contributed by atoms with Gasteiger partial charge < -0.3 is 25.2 Å². The third-order valence-electron chi connectivity index (χ3n) is 9.21. The minimum Gasteiger partial charge on any atom is -0.480 e. The first kappa shape index (κ1) is 46.2. The van der Waals surface area contributed by atoms with Crippen LogP contribution >= 0.6 is 0 Å². The van der Waals surface area contributed by atoms with E-state index in [0.29, 0.717) is 44.9 Å². The van der Waals surface area contributed by atoms with E-state index in [2.05, 4.69) is 31.4 Å². The Hall–Kier alpha value is -1.83. The van der Waals surface area contributed by atoms with E-state index in [1.165, 1.54) is 77.0 Å². The Morgan fingerprint density at radius 1 is 0.604 bits per heavy atom. The minimum atomic E-state index is -0.801. The zero-order valence-corrected chi connectivity index (χ0v) is 32.3. The molecule has 0 aliphatic carbocycles. The summed E-state index contributed by atoms with van der Waals surface area (Å²) in [6.07, 6.45) is 25.4. The molecule has 0 aromatic heterocycles. The highest BCUT2D eigenvalue weighted by atomic mass is 16.6. The lowest BCUT2D eigenvalue weighted by Gasteiger charge is -2.21. The molecule has 0 bridgehead atoms. The van der Waals surface area contributed by atoms with Gasteiger partial charge in [0.25, 0.3) is 0 Å². The van der Waals surface area contributed by atoms with Gasteiger partial charge in [-0.3, -0.25) is 9.59 Å². The second-order valence-corrected chi connectivity index (χ2v) is 15.1. The number of rotatable bonds is 33. The highest BCUT2D eigenvalue weighted by Gasteiger charge is 2.20. The average molecular weight is 683 g/mol. The smallest absolute Gasteiger partial charge is 0.407 e. The van der Waals surface area contributed by atoms with Crippen LogP contribution in [0.25, 0.3) is 0 Å². The van der Waals surface area contributed by atoms with Crippen LogP contribution in [0, 0.1) is 11.8 Å². The van der Waals surface area contributed by atoms with Crippen LogP contribution in [0.15, 0.2) is 0 Å². The predicted octanol–water partition coefficient (Wildman–Crippen LogP) is 10.8. The molecule has 2 atom stereocenters. The van der Waals surface area contributed by atoms with Crippen LogP contribution in [0.3, 0.4) is 0 Å². The van der Waals surface area contributed by atoms with Gasteiger partial charge in [-0.25, -0.2) is 4.79 Å². The maximum Gasteiger partial charge on any atom is 0.407 e. The summed E-state index contributed by atoms with van der Waals surface area (Å²) in [5.41, 5.74) is -0.544. The Kier molecular flexibility index (Phi) is 30.0. The number of hydrogen-bond donors (Lipinski definition) is 3. The Labute approximate surface area is 296 Å². The fourth-order valence-corrected chi connectivity index (χ4v) is 6.22. The summed E-state index contributed by atoms with van der Waals surface area (Å²) in [6.45, 7) is 13.8. The van der Waals surface area contributed by atoms with Crippen LogP contribution in [0.1, 0.15) is 196 Å². The number of alkyl carbamates (subject to hydrolysis) is 1. The van der Waals surface area contributed by atoms with Crippen molar-refractivity contribution in [3.05, 3.63) is 0 Å². The normalized spacial score (nSPS) is 13.0. The predicted molar refractivity (Wildman–Crippen MR) is 199 cm³/mol. The molecule has 0 aliphatic rings. The van der Waals surface area contributed by atoms with Crippen molar-refractivity contribution in [2.24, 2.45) is 11.8 Å². The zero-order valence-electron chi connectivity index (χ0n) is 32.3. The summed E-state index contributed by atoms with van der Waals surface area (Å²) in [4.78, 5) is 36.9. The number of carboxylic acid groups (broad SMARTS) is 1. The van der Waals surface area contributed by atoms with Crippen molar-refractivity contribution in [1.82, 2.24) is 10.6 Å². The van der Waals surface area contributed by atoms with Crippen molar-refractivity contribution in [2.45, 2.75) is 207 Å². The van der Waals surface area contributed by atoms with E-state index >= 15 is 0 Å². The van der Waals surface area contributed by atoms with Gasteiger partial charge in [0.2, 0.25) is 0 Å². The number of esters is 1. The van der Waals surface area contributed by atoms with Crippen LogP contribution in [-0.4, -0.2) is 54.5 Å². The fraction of sp³-hybridized carbons (Fsp3) is 0.925. The molecule has 284 valence electrons. The molecule has 0 aliphatic heterocycles. The number of unbranched alkanes of at least 4 members (excludes halogenated alkanes) is 13. The second kappa shape index (κ2) is 31.2. The van der Waals surface area contributed by atoms with Crippen molar-refractivity contribution in [2.75, 3.05) is 19.7 Å². The summed E-state index contributed by atoms with van der Waals surface area (Å²) >= 11 is 0. The number of aliphatic carboxylic acids is 1. The van der Waals surface area contributed by atoms with Gasteiger partial charge in [0.05, 0.1) is 6.61 Å². The summed E-state index contributed by atoms with van der Waals surface area (Å²) in [5, 5.41) is 15.8. The van der Waals surface area contributed by atoms with Crippen LogP contribution in [0.4, 0.5) is 4.79 Å². The van der Waals surface area contributed by atoms with Crippen molar-refractivity contribution in [3.8, 4) is 0 Å². The van der Waals surface area contributed by atoms with E-state index in [-0.39, 0.29) is 11.9 Å². The first-order valence-corrected chi connectivity index (χ1v) is 20.1. The lowest BCUT2D eigenvalue weighted by molar-refractivity contribution is -0.145. The van der Waals surface area contributed by atoms with E-state index in [4.69, 9.17) is 9.47 Å². The maximum absolute atomic E-state index is 13.0. The Bertz CT molecular complexity index is 768. The van der Waals surface area contributed by atoms with Gasteiger partial charge in [-0.1, -0.05) is 124 Å². The standard InChI is InChI=1S/C40H78N2O6/c1-7-10-13-16-18-20-24-35(25-21-19-17-14-11-8-2)33-47-37(43)29-28-34(26-23-31-42-39(46)48-40(4,5)6)30-32-41-36(38(44)45)27-22-15-12-9-3/h34-36,41H,7-33H2,1-6H3,(H,42,46)(H,44,45). The number of hydrogen-bond acceptors (Lipinski definition) is 6. The van der Waals surface area contributed by atoms with E-state index in [1.807, 2.05) is 20.8 Å². The average Bonchev–Trinajstić information content (AvgIpc) is 3.03. The molecule has 8 heteroatoms. The molecular weight excluding hydrogens is 604 g/mol. The van der Waals surface area contributed by atoms with Gasteiger partial charge >= 0.3 is 18.0 Å². The molecular formula is C40H78N2O6. The molecule has 0 radical (unpaired) electrons. The Morgan fingerprint density at radius 2 is 1.10 bits per heavy atom. The number of carboxylic acids is 1. The Balaban J connectivity index is 4.96. The molecule has 0 heterocycles. The molecule has 0 fully saturated rings. The third-order valence-corrected chi connectivity index (χ3v) is 9.21. The molecule has 0 saturated carbocycles. The van der Waals surface area contributed by atoms with Gasteiger partial charge in [-0.15, -0.1) is 0 Å². The highest BCUT2D eigenvalue weighted by molar-refractivity contribution is 5.73. The third kappa shape index (κ3) is 30.2. The SMILES string of the molecule is CCCCCCCCC(CCCCCCCC)COC(=O)CCC(CCCNC(=O)OC(C)(C)C)CCNC(CCCCCC)C(=O)O. The number of ether oxygens (including phenoxy) is 2. The highest BCUT2D eigenvalue weighted by Crippen LogP contribution is 2.22. The van der Waals surface area contributed by atoms with E-state index < -0.39 is 23.7 Å². The van der Waals surface area contributed by atoms with Crippen LogP contribution in [0.5, 0.6) is 0 Å². The summed E-state index contributed by atoms with van der Waals surface area (Å²) < 4.78 is 11.2. The maximum atomic E-state index is 13.0. The Morgan fingerprint density at radius 3 is 1.65 bits per heavy atom. The van der Waals surface area contributed by atoms with Gasteiger partial charge in [-0.2, -0.15) is 0 Å². The van der Waals surface area contributed by atoms with Crippen molar-refractivity contribution in [3.63, 3.8) is 0 Å². The molecule has 8 nitrogen and oxygen atoms in total. The quantitative estimate of drug-likeness (QED) is 0.0466. The first-order chi connectivity index (χ1) is 23.0. The summed E-state index contributed by atoms with van der Waals surface area (Å²) in [5.74, 6) is -0.266. The first-order valence-electron chi connectivity index (χ1n) is 20.1. The van der Waals surface area contributed by atoms with Crippen molar-refractivity contribution >= 4 is 18.0 Å².